The zero-order valence-electron chi connectivity index (χ0n) is 11.2. The summed E-state index contributed by atoms with van der Waals surface area (Å²) < 4.78 is 4.99. The van der Waals surface area contributed by atoms with Gasteiger partial charge >= 0.3 is 0 Å². The van der Waals surface area contributed by atoms with Crippen molar-refractivity contribution in [2.45, 2.75) is 0 Å². The second kappa shape index (κ2) is 6.70. The van der Waals surface area contributed by atoms with E-state index < -0.39 is 0 Å². The Kier molecular flexibility index (Phi) is 4.69. The molecule has 2 aromatic rings. The van der Waals surface area contributed by atoms with Crippen molar-refractivity contribution in [3.8, 4) is 0 Å². The van der Waals surface area contributed by atoms with E-state index in [9.17, 15) is 0 Å². The fourth-order valence-corrected chi connectivity index (χ4v) is 1.69. The third-order valence-electron chi connectivity index (χ3n) is 2.75. The molecular weight excluding hydrogens is 240 g/mol. The molecule has 1 N–H and O–H groups in total. The molecule has 100 valence electrons. The van der Waals surface area contributed by atoms with E-state index in [0.717, 1.165) is 23.9 Å². The summed E-state index contributed by atoms with van der Waals surface area (Å²) >= 11 is 0. The lowest BCUT2D eigenvalue weighted by atomic mass is 10.3. The predicted octanol–water partition coefficient (Wildman–Crippen LogP) is 2.30. The van der Waals surface area contributed by atoms with Gasteiger partial charge in [-0.2, -0.15) is 0 Å². The van der Waals surface area contributed by atoms with E-state index in [0.29, 0.717) is 6.61 Å². The number of methoxy groups -OCH3 is 1. The van der Waals surface area contributed by atoms with Crippen molar-refractivity contribution >= 4 is 17.3 Å². The minimum absolute atomic E-state index is 0.647. The van der Waals surface area contributed by atoms with Gasteiger partial charge in [0.2, 0.25) is 0 Å². The maximum atomic E-state index is 4.99. The molecule has 1 aromatic carbocycles. The predicted molar refractivity (Wildman–Crippen MR) is 76.9 cm³/mol. The first-order chi connectivity index (χ1) is 9.31. The Hall–Kier alpha value is -2.14. The molecule has 1 aromatic heterocycles. The van der Waals surface area contributed by atoms with Gasteiger partial charge in [0, 0.05) is 32.5 Å². The zero-order valence-corrected chi connectivity index (χ0v) is 11.2. The SMILES string of the molecule is COCCNc1cc(N(C)c2ccccc2)ncn1. The van der Waals surface area contributed by atoms with Crippen LogP contribution in [0.25, 0.3) is 0 Å². The Morgan fingerprint density at radius 3 is 2.74 bits per heavy atom. The van der Waals surface area contributed by atoms with E-state index in [2.05, 4.69) is 15.3 Å². The summed E-state index contributed by atoms with van der Waals surface area (Å²) in [6.07, 6.45) is 1.56. The smallest absolute Gasteiger partial charge is 0.138 e. The summed E-state index contributed by atoms with van der Waals surface area (Å²) in [6, 6.07) is 12.0. The van der Waals surface area contributed by atoms with Gasteiger partial charge in [-0.15, -0.1) is 0 Å². The molecule has 0 aliphatic carbocycles. The fraction of sp³-hybridized carbons (Fsp3) is 0.286. The number of aromatic nitrogens is 2. The quantitative estimate of drug-likeness (QED) is 0.806. The number of para-hydroxylation sites is 1. The van der Waals surface area contributed by atoms with Gasteiger partial charge in [-0.05, 0) is 12.1 Å². The number of anilines is 3. The zero-order chi connectivity index (χ0) is 13.5. The van der Waals surface area contributed by atoms with Crippen LogP contribution in [0, 0.1) is 0 Å². The highest BCUT2D eigenvalue weighted by atomic mass is 16.5. The van der Waals surface area contributed by atoms with E-state index >= 15 is 0 Å². The van der Waals surface area contributed by atoms with Crippen LogP contribution in [0.2, 0.25) is 0 Å². The number of rotatable bonds is 6. The van der Waals surface area contributed by atoms with Crippen molar-refractivity contribution in [3.05, 3.63) is 42.7 Å². The standard InChI is InChI=1S/C14H18N4O/c1-18(12-6-4-3-5-7-12)14-10-13(16-11-17-14)15-8-9-19-2/h3-7,10-11H,8-9H2,1-2H3,(H,15,16,17). The molecule has 1 heterocycles. The van der Waals surface area contributed by atoms with Crippen molar-refractivity contribution in [3.63, 3.8) is 0 Å². The first-order valence-electron chi connectivity index (χ1n) is 6.15. The maximum Gasteiger partial charge on any atom is 0.138 e. The normalized spacial score (nSPS) is 10.2. The molecule has 5 nitrogen and oxygen atoms in total. The Bertz CT molecular complexity index is 504. The highest BCUT2D eigenvalue weighted by Crippen LogP contribution is 2.21. The molecule has 0 bridgehead atoms. The highest BCUT2D eigenvalue weighted by Gasteiger charge is 2.05. The van der Waals surface area contributed by atoms with Gasteiger partial charge in [0.05, 0.1) is 6.61 Å². The van der Waals surface area contributed by atoms with Crippen LogP contribution in [-0.4, -0.2) is 37.3 Å². The first-order valence-corrected chi connectivity index (χ1v) is 6.15. The van der Waals surface area contributed by atoms with E-state index in [1.807, 2.05) is 48.3 Å². The van der Waals surface area contributed by atoms with Crippen LogP contribution in [0.1, 0.15) is 0 Å². The molecule has 19 heavy (non-hydrogen) atoms. The van der Waals surface area contributed by atoms with Crippen molar-refractivity contribution in [2.75, 3.05) is 37.5 Å². The minimum atomic E-state index is 0.647. The summed E-state index contributed by atoms with van der Waals surface area (Å²) in [5, 5.41) is 3.19. The number of hydrogen-bond donors (Lipinski definition) is 1. The lowest BCUT2D eigenvalue weighted by Gasteiger charge is -2.18. The molecule has 0 aliphatic heterocycles. The largest absolute Gasteiger partial charge is 0.383 e. The van der Waals surface area contributed by atoms with E-state index in [1.165, 1.54) is 0 Å². The van der Waals surface area contributed by atoms with Crippen LogP contribution < -0.4 is 10.2 Å². The molecule has 2 rings (SSSR count). The molecule has 0 fully saturated rings. The summed E-state index contributed by atoms with van der Waals surface area (Å²) in [5.41, 5.74) is 1.09. The minimum Gasteiger partial charge on any atom is -0.383 e. The van der Waals surface area contributed by atoms with Crippen LogP contribution in [-0.2, 0) is 4.74 Å². The molecule has 0 aliphatic rings. The molecule has 0 saturated heterocycles. The van der Waals surface area contributed by atoms with Gasteiger partial charge in [-0.1, -0.05) is 18.2 Å². The van der Waals surface area contributed by atoms with Gasteiger partial charge in [0.15, 0.2) is 0 Å². The average molecular weight is 258 g/mol. The topological polar surface area (TPSA) is 50.3 Å². The molecular formula is C14H18N4O. The van der Waals surface area contributed by atoms with E-state index in [4.69, 9.17) is 4.74 Å². The van der Waals surface area contributed by atoms with Crippen molar-refractivity contribution in [1.29, 1.82) is 0 Å². The number of nitrogens with zero attached hydrogens (tertiary/aromatic N) is 3. The average Bonchev–Trinajstić information content (AvgIpc) is 2.48. The third-order valence-corrected chi connectivity index (χ3v) is 2.75. The van der Waals surface area contributed by atoms with Gasteiger partial charge in [-0.25, -0.2) is 9.97 Å². The summed E-state index contributed by atoms with van der Waals surface area (Å²) in [5.74, 6) is 1.64. The second-order valence-corrected chi connectivity index (χ2v) is 4.08. The summed E-state index contributed by atoms with van der Waals surface area (Å²) in [6.45, 7) is 1.37. The molecule has 0 amide bonds. The lowest BCUT2D eigenvalue weighted by molar-refractivity contribution is 0.210. The maximum absolute atomic E-state index is 4.99. The number of benzene rings is 1. The van der Waals surface area contributed by atoms with Crippen LogP contribution >= 0.6 is 0 Å². The highest BCUT2D eigenvalue weighted by molar-refractivity contribution is 5.61. The summed E-state index contributed by atoms with van der Waals surface area (Å²) in [7, 11) is 3.66. The fourth-order valence-electron chi connectivity index (χ4n) is 1.69. The van der Waals surface area contributed by atoms with Crippen molar-refractivity contribution in [1.82, 2.24) is 9.97 Å². The van der Waals surface area contributed by atoms with E-state index in [-0.39, 0.29) is 0 Å². The lowest BCUT2D eigenvalue weighted by Crippen LogP contribution is -2.13. The molecule has 0 atom stereocenters. The molecule has 0 radical (unpaired) electrons. The monoisotopic (exact) mass is 258 g/mol. The molecule has 0 saturated carbocycles. The van der Waals surface area contributed by atoms with Gasteiger partial charge in [0.25, 0.3) is 0 Å². The Balaban J connectivity index is 2.10. The third kappa shape index (κ3) is 3.66. The number of ether oxygens (including phenoxy) is 1. The van der Waals surface area contributed by atoms with Crippen LogP contribution in [0.3, 0.4) is 0 Å². The van der Waals surface area contributed by atoms with Crippen molar-refractivity contribution < 1.29 is 4.74 Å². The Morgan fingerprint density at radius 2 is 2.00 bits per heavy atom. The van der Waals surface area contributed by atoms with E-state index in [1.54, 1.807) is 13.4 Å². The molecule has 0 unspecified atom stereocenters. The van der Waals surface area contributed by atoms with Gasteiger partial charge in [-0.3, -0.25) is 0 Å². The van der Waals surface area contributed by atoms with Gasteiger partial charge in [0.1, 0.15) is 18.0 Å². The second-order valence-electron chi connectivity index (χ2n) is 4.08. The van der Waals surface area contributed by atoms with Crippen LogP contribution in [0.15, 0.2) is 42.7 Å². The number of nitrogens with one attached hydrogen (secondary N) is 1. The molecule has 0 spiro atoms. The van der Waals surface area contributed by atoms with Gasteiger partial charge < -0.3 is 15.0 Å². The van der Waals surface area contributed by atoms with Crippen molar-refractivity contribution in [2.24, 2.45) is 0 Å². The van der Waals surface area contributed by atoms with Crippen LogP contribution in [0.5, 0.6) is 0 Å². The van der Waals surface area contributed by atoms with Crippen LogP contribution in [0.4, 0.5) is 17.3 Å². The summed E-state index contributed by atoms with van der Waals surface area (Å²) in [4.78, 5) is 10.5. The Morgan fingerprint density at radius 1 is 1.21 bits per heavy atom. The molecule has 5 heteroatoms. The first kappa shape index (κ1) is 13.3. The number of hydrogen-bond acceptors (Lipinski definition) is 5. The Labute approximate surface area is 113 Å².